The highest BCUT2D eigenvalue weighted by Crippen LogP contribution is 2.18. The summed E-state index contributed by atoms with van der Waals surface area (Å²) in [5.41, 5.74) is 1.17. The molecule has 7 nitrogen and oxygen atoms in total. The Labute approximate surface area is 146 Å². The first-order chi connectivity index (χ1) is 12.1. The van der Waals surface area contributed by atoms with Crippen LogP contribution < -0.4 is 10.6 Å². The third-order valence-electron chi connectivity index (χ3n) is 4.29. The van der Waals surface area contributed by atoms with Gasteiger partial charge in [-0.2, -0.15) is 0 Å². The number of carbonyl (C=O) groups excluding carboxylic acids is 2. The van der Waals surface area contributed by atoms with E-state index in [1.54, 1.807) is 30.1 Å². The number of aromatic nitrogens is 2. The molecule has 25 heavy (non-hydrogen) atoms. The van der Waals surface area contributed by atoms with Crippen LogP contribution in [0.15, 0.2) is 42.9 Å². The minimum Gasteiger partial charge on any atom is -0.376 e. The largest absolute Gasteiger partial charge is 0.376 e. The van der Waals surface area contributed by atoms with Crippen molar-refractivity contribution in [3.8, 4) is 0 Å². The fourth-order valence-electron chi connectivity index (χ4n) is 2.87. The highest BCUT2D eigenvalue weighted by molar-refractivity contribution is 5.94. The van der Waals surface area contributed by atoms with Gasteiger partial charge in [0.2, 0.25) is 0 Å². The molecular formula is C18H22N4O3. The minimum atomic E-state index is -0.163. The Balaban J connectivity index is 1.39. The predicted octanol–water partition coefficient (Wildman–Crippen LogP) is 0.985. The van der Waals surface area contributed by atoms with E-state index in [4.69, 9.17) is 4.74 Å². The van der Waals surface area contributed by atoms with Gasteiger partial charge in [-0.15, -0.1) is 0 Å². The van der Waals surface area contributed by atoms with Crippen LogP contribution in [0.5, 0.6) is 0 Å². The number of nitrogens with one attached hydrogen (secondary N) is 2. The van der Waals surface area contributed by atoms with Gasteiger partial charge in [0.25, 0.3) is 11.8 Å². The van der Waals surface area contributed by atoms with E-state index in [0.717, 1.165) is 6.42 Å². The lowest BCUT2D eigenvalue weighted by molar-refractivity contribution is 0.0837. The van der Waals surface area contributed by atoms with Crippen LogP contribution in [-0.2, 0) is 11.8 Å². The number of hydrogen-bond donors (Lipinski definition) is 2. The molecule has 2 aromatic rings. The molecule has 0 radical (unpaired) electrons. The summed E-state index contributed by atoms with van der Waals surface area (Å²) in [4.78, 5) is 28.0. The molecule has 1 saturated heterocycles. The third-order valence-corrected chi connectivity index (χ3v) is 4.29. The zero-order valence-corrected chi connectivity index (χ0v) is 14.1. The Hall–Kier alpha value is -2.67. The Bertz CT molecular complexity index is 729. The minimum absolute atomic E-state index is 0.0317. The number of carbonyl (C=O) groups is 2. The van der Waals surface area contributed by atoms with Gasteiger partial charge in [-0.1, -0.05) is 18.2 Å². The van der Waals surface area contributed by atoms with Crippen LogP contribution in [0.3, 0.4) is 0 Å². The van der Waals surface area contributed by atoms with Gasteiger partial charge in [-0.25, -0.2) is 4.98 Å². The molecular weight excluding hydrogens is 320 g/mol. The van der Waals surface area contributed by atoms with Crippen molar-refractivity contribution in [3.05, 3.63) is 54.1 Å². The monoisotopic (exact) mass is 342 g/mol. The fourth-order valence-corrected chi connectivity index (χ4v) is 2.87. The number of rotatable bonds is 6. The van der Waals surface area contributed by atoms with Crippen molar-refractivity contribution in [1.29, 1.82) is 0 Å². The molecule has 1 aromatic carbocycles. The maximum Gasteiger partial charge on any atom is 0.269 e. The van der Waals surface area contributed by atoms with Crippen LogP contribution >= 0.6 is 0 Å². The highest BCUT2D eigenvalue weighted by atomic mass is 16.5. The standard InChI is InChI=1S/C18H22N4O3/c1-22-12-19-10-16(22)18(24)21-9-15-7-13(11-25-15)8-20-17(23)14-5-3-2-4-6-14/h2-6,10,12-13,15H,7-9,11H2,1H3,(H,20,23)(H,21,24)/t13-,15+/m1/s1. The van der Waals surface area contributed by atoms with Crippen molar-refractivity contribution in [2.45, 2.75) is 12.5 Å². The molecule has 132 valence electrons. The molecule has 1 aromatic heterocycles. The SMILES string of the molecule is Cn1cncc1C(=O)NC[C@@H]1C[C@H](CNC(=O)c2ccccc2)CO1. The zero-order chi connectivity index (χ0) is 17.6. The molecule has 0 unspecified atom stereocenters. The van der Waals surface area contributed by atoms with E-state index < -0.39 is 0 Å². The van der Waals surface area contributed by atoms with Gasteiger partial charge in [0.05, 0.1) is 25.2 Å². The van der Waals surface area contributed by atoms with Gasteiger partial charge >= 0.3 is 0 Å². The van der Waals surface area contributed by atoms with E-state index in [-0.39, 0.29) is 23.8 Å². The molecule has 0 aliphatic carbocycles. The number of aryl methyl sites for hydroxylation is 1. The van der Waals surface area contributed by atoms with E-state index in [1.807, 2.05) is 18.2 Å². The lowest BCUT2D eigenvalue weighted by atomic mass is 10.1. The van der Waals surface area contributed by atoms with E-state index >= 15 is 0 Å². The predicted molar refractivity (Wildman–Crippen MR) is 92.2 cm³/mol. The molecule has 3 rings (SSSR count). The highest BCUT2D eigenvalue weighted by Gasteiger charge is 2.26. The molecule has 1 aliphatic heterocycles. The van der Waals surface area contributed by atoms with Gasteiger partial charge in [-0.05, 0) is 18.6 Å². The molecule has 0 bridgehead atoms. The summed E-state index contributed by atoms with van der Waals surface area (Å²) in [5, 5.41) is 5.81. The normalized spacial score (nSPS) is 19.6. The molecule has 0 saturated carbocycles. The Morgan fingerprint density at radius 3 is 2.68 bits per heavy atom. The summed E-state index contributed by atoms with van der Waals surface area (Å²) in [5.74, 6) is 0.0178. The topological polar surface area (TPSA) is 85.3 Å². The van der Waals surface area contributed by atoms with Crippen molar-refractivity contribution in [1.82, 2.24) is 20.2 Å². The van der Waals surface area contributed by atoms with Crippen molar-refractivity contribution in [2.75, 3.05) is 19.7 Å². The lowest BCUT2D eigenvalue weighted by Crippen LogP contribution is -2.33. The van der Waals surface area contributed by atoms with E-state index in [9.17, 15) is 9.59 Å². The van der Waals surface area contributed by atoms with Crippen LogP contribution in [0.1, 0.15) is 27.3 Å². The number of nitrogens with zero attached hydrogens (tertiary/aromatic N) is 2. The summed E-state index contributed by atoms with van der Waals surface area (Å²) in [6.07, 6.45) is 3.90. The van der Waals surface area contributed by atoms with Crippen LogP contribution in [0.4, 0.5) is 0 Å². The fraction of sp³-hybridized carbons (Fsp3) is 0.389. The first-order valence-corrected chi connectivity index (χ1v) is 8.33. The Kier molecular flexibility index (Phi) is 5.45. The zero-order valence-electron chi connectivity index (χ0n) is 14.1. The number of imidazole rings is 1. The van der Waals surface area contributed by atoms with Crippen LogP contribution in [0.25, 0.3) is 0 Å². The van der Waals surface area contributed by atoms with Gasteiger partial charge in [0, 0.05) is 31.6 Å². The summed E-state index contributed by atoms with van der Waals surface area (Å²) in [6, 6.07) is 9.14. The number of benzene rings is 1. The van der Waals surface area contributed by atoms with E-state index in [2.05, 4.69) is 15.6 Å². The second-order valence-electron chi connectivity index (χ2n) is 6.23. The van der Waals surface area contributed by atoms with Gasteiger partial charge in [-0.3, -0.25) is 9.59 Å². The molecule has 2 atom stereocenters. The van der Waals surface area contributed by atoms with E-state index in [0.29, 0.717) is 31.0 Å². The molecule has 1 aliphatic rings. The van der Waals surface area contributed by atoms with Gasteiger partial charge in [0.15, 0.2) is 0 Å². The maximum absolute atomic E-state index is 12.1. The van der Waals surface area contributed by atoms with Crippen molar-refractivity contribution in [2.24, 2.45) is 13.0 Å². The molecule has 0 spiro atoms. The number of amides is 2. The van der Waals surface area contributed by atoms with Gasteiger partial charge in [0.1, 0.15) is 5.69 Å². The molecule has 2 heterocycles. The summed E-state index contributed by atoms with van der Waals surface area (Å²) in [6.45, 7) is 1.61. The molecule has 7 heteroatoms. The summed E-state index contributed by atoms with van der Waals surface area (Å²) in [7, 11) is 1.78. The third kappa shape index (κ3) is 4.45. The van der Waals surface area contributed by atoms with Crippen molar-refractivity contribution >= 4 is 11.8 Å². The quantitative estimate of drug-likeness (QED) is 0.820. The second kappa shape index (κ2) is 7.94. The summed E-state index contributed by atoms with van der Waals surface area (Å²) >= 11 is 0. The number of ether oxygens (including phenoxy) is 1. The maximum atomic E-state index is 12.1. The lowest BCUT2D eigenvalue weighted by Gasteiger charge is -2.12. The Morgan fingerprint density at radius 1 is 1.20 bits per heavy atom. The summed E-state index contributed by atoms with van der Waals surface area (Å²) < 4.78 is 7.39. The van der Waals surface area contributed by atoms with Crippen molar-refractivity contribution < 1.29 is 14.3 Å². The Morgan fingerprint density at radius 2 is 1.96 bits per heavy atom. The molecule has 2 N–H and O–H groups in total. The second-order valence-corrected chi connectivity index (χ2v) is 6.23. The molecule has 1 fully saturated rings. The average Bonchev–Trinajstić information content (AvgIpc) is 3.27. The van der Waals surface area contributed by atoms with E-state index in [1.165, 1.54) is 6.20 Å². The van der Waals surface area contributed by atoms with Crippen molar-refractivity contribution in [3.63, 3.8) is 0 Å². The van der Waals surface area contributed by atoms with Gasteiger partial charge < -0.3 is 19.9 Å². The smallest absolute Gasteiger partial charge is 0.269 e. The van der Waals surface area contributed by atoms with Crippen LogP contribution in [0.2, 0.25) is 0 Å². The van der Waals surface area contributed by atoms with Crippen LogP contribution in [-0.4, -0.2) is 47.2 Å². The number of hydrogen-bond acceptors (Lipinski definition) is 4. The molecule has 2 amide bonds. The average molecular weight is 342 g/mol. The first kappa shape index (κ1) is 17.2. The first-order valence-electron chi connectivity index (χ1n) is 8.33. The van der Waals surface area contributed by atoms with Crippen LogP contribution in [0, 0.1) is 5.92 Å².